The van der Waals surface area contributed by atoms with E-state index in [1.807, 2.05) is 12.1 Å². The second-order valence-electron chi connectivity index (χ2n) is 3.86. The van der Waals surface area contributed by atoms with Gasteiger partial charge in [0.05, 0.1) is 6.54 Å². The third-order valence-corrected chi connectivity index (χ3v) is 2.78. The predicted molar refractivity (Wildman–Crippen MR) is 64.2 cm³/mol. The van der Waals surface area contributed by atoms with Crippen molar-refractivity contribution in [1.29, 1.82) is 5.26 Å². The Morgan fingerprint density at radius 3 is 2.53 bits per heavy atom. The molecule has 1 aromatic rings. The summed E-state index contributed by atoms with van der Waals surface area (Å²) in [4.78, 5) is 4.38. The van der Waals surface area contributed by atoms with Crippen molar-refractivity contribution in [2.75, 3.05) is 37.6 Å². The van der Waals surface area contributed by atoms with Gasteiger partial charge in [-0.3, -0.25) is 4.90 Å². The van der Waals surface area contributed by atoms with Gasteiger partial charge >= 0.3 is 0 Å². The summed E-state index contributed by atoms with van der Waals surface area (Å²) in [6, 6.07) is 5.48. The van der Waals surface area contributed by atoms with Gasteiger partial charge in [0.25, 0.3) is 0 Å². The van der Waals surface area contributed by atoms with Crippen molar-refractivity contribution in [1.82, 2.24) is 15.1 Å². The van der Waals surface area contributed by atoms with E-state index < -0.39 is 0 Å². The molecule has 1 aliphatic rings. The molecule has 2 heterocycles. The van der Waals surface area contributed by atoms with E-state index in [1.54, 1.807) is 6.07 Å². The Labute approximate surface area is 101 Å². The number of rotatable bonds is 2. The van der Waals surface area contributed by atoms with Gasteiger partial charge in [-0.15, -0.1) is 16.6 Å². The Morgan fingerprint density at radius 2 is 2.00 bits per heavy atom. The average Bonchev–Trinajstić information content (AvgIpc) is 2.40. The largest absolute Gasteiger partial charge is 0.353 e. The van der Waals surface area contributed by atoms with E-state index in [1.165, 1.54) is 0 Å². The van der Waals surface area contributed by atoms with Gasteiger partial charge in [-0.2, -0.15) is 5.26 Å². The molecule has 2 rings (SSSR count). The Hall–Kier alpha value is -2.11. The second-order valence-corrected chi connectivity index (χ2v) is 3.86. The molecule has 1 saturated heterocycles. The highest BCUT2D eigenvalue weighted by Crippen LogP contribution is 2.12. The van der Waals surface area contributed by atoms with Gasteiger partial charge in [0.15, 0.2) is 11.5 Å². The SMILES string of the molecule is C#CCN1CCN(c2ccc(C#N)nn2)CC1. The van der Waals surface area contributed by atoms with Crippen LogP contribution in [0, 0.1) is 23.7 Å². The number of hydrogen-bond acceptors (Lipinski definition) is 5. The van der Waals surface area contributed by atoms with Crippen LogP contribution in [0.2, 0.25) is 0 Å². The lowest BCUT2D eigenvalue weighted by Crippen LogP contribution is -2.46. The van der Waals surface area contributed by atoms with Crippen molar-refractivity contribution in [3.05, 3.63) is 17.8 Å². The molecule has 0 bridgehead atoms. The van der Waals surface area contributed by atoms with Gasteiger partial charge in [-0.1, -0.05) is 5.92 Å². The van der Waals surface area contributed by atoms with Gasteiger partial charge in [-0.05, 0) is 12.1 Å². The summed E-state index contributed by atoms with van der Waals surface area (Å²) in [7, 11) is 0. The maximum atomic E-state index is 8.64. The third-order valence-electron chi connectivity index (χ3n) is 2.78. The molecule has 0 aliphatic carbocycles. The molecule has 0 atom stereocenters. The molecule has 5 heteroatoms. The summed E-state index contributed by atoms with van der Waals surface area (Å²) in [6.07, 6.45) is 5.28. The fourth-order valence-electron chi connectivity index (χ4n) is 1.82. The molecule has 1 fully saturated rings. The van der Waals surface area contributed by atoms with Gasteiger partial charge in [0.2, 0.25) is 0 Å². The average molecular weight is 227 g/mol. The molecule has 0 unspecified atom stereocenters. The van der Waals surface area contributed by atoms with E-state index in [0.29, 0.717) is 12.2 Å². The van der Waals surface area contributed by atoms with Crippen molar-refractivity contribution >= 4 is 5.82 Å². The zero-order valence-corrected chi connectivity index (χ0v) is 9.50. The molecular weight excluding hydrogens is 214 g/mol. The van der Waals surface area contributed by atoms with E-state index in [0.717, 1.165) is 32.0 Å². The maximum Gasteiger partial charge on any atom is 0.163 e. The minimum absolute atomic E-state index is 0.347. The predicted octanol–water partition coefficient (Wildman–Crippen LogP) is 0.103. The molecular formula is C12H13N5. The van der Waals surface area contributed by atoms with Crippen molar-refractivity contribution in [3.63, 3.8) is 0 Å². The van der Waals surface area contributed by atoms with Crippen LogP contribution in [-0.2, 0) is 0 Å². The van der Waals surface area contributed by atoms with E-state index in [2.05, 4.69) is 25.9 Å². The summed E-state index contributed by atoms with van der Waals surface area (Å²) in [6.45, 7) is 4.36. The zero-order chi connectivity index (χ0) is 12.1. The van der Waals surface area contributed by atoms with Gasteiger partial charge in [0.1, 0.15) is 6.07 Å². The van der Waals surface area contributed by atoms with E-state index in [-0.39, 0.29) is 0 Å². The standard InChI is InChI=1S/C12H13N5/c1-2-5-16-6-8-17(9-7-16)12-4-3-11(10-13)14-15-12/h1,3-4H,5-9H2. The highest BCUT2D eigenvalue weighted by atomic mass is 15.3. The molecule has 0 spiro atoms. The summed E-state index contributed by atoms with van der Waals surface area (Å²) >= 11 is 0. The number of hydrogen-bond donors (Lipinski definition) is 0. The van der Waals surface area contributed by atoms with Crippen molar-refractivity contribution in [2.24, 2.45) is 0 Å². The van der Waals surface area contributed by atoms with Crippen LogP contribution in [0.4, 0.5) is 5.82 Å². The summed E-state index contributed by atoms with van der Waals surface area (Å²) < 4.78 is 0. The monoisotopic (exact) mass is 227 g/mol. The van der Waals surface area contributed by atoms with Crippen LogP contribution in [0.5, 0.6) is 0 Å². The van der Waals surface area contributed by atoms with Crippen LogP contribution in [0.15, 0.2) is 12.1 Å². The van der Waals surface area contributed by atoms with E-state index in [9.17, 15) is 0 Å². The van der Waals surface area contributed by atoms with Crippen LogP contribution in [0.1, 0.15) is 5.69 Å². The number of nitrogens with zero attached hydrogens (tertiary/aromatic N) is 5. The van der Waals surface area contributed by atoms with Crippen molar-refractivity contribution in [3.8, 4) is 18.4 Å². The lowest BCUT2D eigenvalue weighted by molar-refractivity contribution is 0.287. The van der Waals surface area contributed by atoms with Crippen LogP contribution in [0.25, 0.3) is 0 Å². The fraction of sp³-hybridized carbons (Fsp3) is 0.417. The van der Waals surface area contributed by atoms with E-state index in [4.69, 9.17) is 11.7 Å². The molecule has 5 nitrogen and oxygen atoms in total. The molecule has 1 aromatic heterocycles. The smallest absolute Gasteiger partial charge is 0.163 e. The van der Waals surface area contributed by atoms with Gasteiger partial charge in [-0.25, -0.2) is 0 Å². The quantitative estimate of drug-likeness (QED) is 0.671. The van der Waals surface area contributed by atoms with Crippen LogP contribution < -0.4 is 4.90 Å². The van der Waals surface area contributed by atoms with Crippen molar-refractivity contribution < 1.29 is 0 Å². The third kappa shape index (κ3) is 2.72. The van der Waals surface area contributed by atoms with Crippen LogP contribution >= 0.6 is 0 Å². The molecule has 0 radical (unpaired) electrons. The summed E-state index contributed by atoms with van der Waals surface area (Å²) in [5.41, 5.74) is 0.347. The molecule has 1 aliphatic heterocycles. The minimum atomic E-state index is 0.347. The first-order valence-electron chi connectivity index (χ1n) is 5.48. The van der Waals surface area contributed by atoms with Gasteiger partial charge < -0.3 is 4.90 Å². The summed E-state index contributed by atoms with van der Waals surface area (Å²) in [5, 5.41) is 16.5. The summed E-state index contributed by atoms with van der Waals surface area (Å²) in [5.74, 6) is 3.47. The number of anilines is 1. The first-order valence-corrected chi connectivity index (χ1v) is 5.48. The number of aromatic nitrogens is 2. The normalized spacial score (nSPS) is 16.2. The minimum Gasteiger partial charge on any atom is -0.353 e. The topological polar surface area (TPSA) is 56.0 Å². The van der Waals surface area contributed by atoms with Gasteiger partial charge in [0, 0.05) is 26.2 Å². The molecule has 0 saturated carbocycles. The van der Waals surface area contributed by atoms with Crippen molar-refractivity contribution in [2.45, 2.75) is 0 Å². The van der Waals surface area contributed by atoms with Crippen LogP contribution in [-0.4, -0.2) is 47.8 Å². The van der Waals surface area contributed by atoms with Crippen LogP contribution in [0.3, 0.4) is 0 Å². The first kappa shape index (κ1) is 11.4. The Kier molecular flexibility index (Phi) is 3.54. The Bertz CT molecular complexity index is 445. The number of nitriles is 1. The molecule has 0 amide bonds. The lowest BCUT2D eigenvalue weighted by atomic mass is 10.3. The first-order chi connectivity index (χ1) is 8.33. The fourth-order valence-corrected chi connectivity index (χ4v) is 1.82. The number of piperazine rings is 1. The molecule has 17 heavy (non-hydrogen) atoms. The molecule has 0 N–H and O–H groups in total. The number of terminal acetylenes is 1. The maximum absolute atomic E-state index is 8.64. The molecule has 86 valence electrons. The van der Waals surface area contributed by atoms with E-state index >= 15 is 0 Å². The molecule has 0 aromatic carbocycles. The second kappa shape index (κ2) is 5.29. The lowest BCUT2D eigenvalue weighted by Gasteiger charge is -2.34. The highest BCUT2D eigenvalue weighted by molar-refractivity contribution is 5.39. The zero-order valence-electron chi connectivity index (χ0n) is 9.50. The Morgan fingerprint density at radius 1 is 1.24 bits per heavy atom. The highest BCUT2D eigenvalue weighted by Gasteiger charge is 2.17. The Balaban J connectivity index is 1.96.